The first-order chi connectivity index (χ1) is 14.5. The van der Waals surface area contributed by atoms with Gasteiger partial charge in [-0.3, -0.25) is 9.89 Å². The van der Waals surface area contributed by atoms with Gasteiger partial charge in [-0.1, -0.05) is 17.7 Å². The second kappa shape index (κ2) is 9.54. The number of aromatic amines is 1. The number of benzene rings is 2. The molecule has 0 radical (unpaired) electrons. The van der Waals surface area contributed by atoms with Crippen LogP contribution in [0.25, 0.3) is 11.3 Å². The maximum absolute atomic E-state index is 12.9. The summed E-state index contributed by atoms with van der Waals surface area (Å²) in [6.45, 7) is 4.30. The van der Waals surface area contributed by atoms with Crippen LogP contribution in [0.15, 0.2) is 42.6 Å². The van der Waals surface area contributed by atoms with Gasteiger partial charge in [-0.25, -0.2) is 0 Å². The van der Waals surface area contributed by atoms with E-state index in [1.165, 1.54) is 6.20 Å². The van der Waals surface area contributed by atoms with E-state index in [9.17, 15) is 4.79 Å². The highest BCUT2D eigenvalue weighted by atomic mass is 35.5. The van der Waals surface area contributed by atoms with Crippen molar-refractivity contribution in [3.8, 4) is 28.5 Å². The minimum Gasteiger partial charge on any atom is -0.493 e. The topological polar surface area (TPSA) is 85.5 Å². The number of ether oxygens (including phenoxy) is 3. The number of nitrogens with zero attached hydrogens (tertiary/aromatic N) is 1. The summed E-state index contributed by atoms with van der Waals surface area (Å²) in [5.74, 6) is 1.56. The van der Waals surface area contributed by atoms with Crippen LogP contribution >= 0.6 is 11.6 Å². The molecular formula is C22H24ClN3O4. The molecule has 0 bridgehead atoms. The zero-order chi connectivity index (χ0) is 21.7. The monoisotopic (exact) mass is 429 g/mol. The summed E-state index contributed by atoms with van der Waals surface area (Å²) < 4.78 is 16.1. The molecule has 1 aromatic heterocycles. The first-order valence-electron chi connectivity index (χ1n) is 9.47. The fourth-order valence-electron chi connectivity index (χ4n) is 3.09. The van der Waals surface area contributed by atoms with E-state index in [0.717, 1.165) is 11.1 Å². The van der Waals surface area contributed by atoms with Crippen LogP contribution in [0.4, 0.5) is 0 Å². The van der Waals surface area contributed by atoms with Crippen molar-refractivity contribution in [2.75, 3.05) is 20.8 Å². The molecule has 1 unspecified atom stereocenters. The average Bonchev–Trinajstić information content (AvgIpc) is 3.24. The van der Waals surface area contributed by atoms with Crippen molar-refractivity contribution < 1.29 is 19.0 Å². The molecule has 0 aliphatic carbocycles. The third-order valence-electron chi connectivity index (χ3n) is 4.66. The van der Waals surface area contributed by atoms with Gasteiger partial charge >= 0.3 is 0 Å². The highest BCUT2D eigenvalue weighted by Gasteiger charge is 2.19. The van der Waals surface area contributed by atoms with Crippen LogP contribution in [0.3, 0.4) is 0 Å². The molecule has 0 saturated carbocycles. The van der Waals surface area contributed by atoms with Gasteiger partial charge in [-0.2, -0.15) is 5.10 Å². The molecule has 0 spiro atoms. The molecule has 2 aromatic carbocycles. The summed E-state index contributed by atoms with van der Waals surface area (Å²) in [5, 5.41) is 10.4. The zero-order valence-electron chi connectivity index (χ0n) is 17.3. The zero-order valence-corrected chi connectivity index (χ0v) is 18.0. The Hall–Kier alpha value is -3.19. The summed E-state index contributed by atoms with van der Waals surface area (Å²) in [4.78, 5) is 12.9. The number of nitrogens with one attached hydrogen (secondary N) is 2. The Labute approximate surface area is 180 Å². The smallest absolute Gasteiger partial charge is 0.255 e. The number of carbonyl (C=O) groups is 1. The number of aromatic nitrogens is 2. The molecule has 1 heterocycles. The van der Waals surface area contributed by atoms with Gasteiger partial charge in [0.2, 0.25) is 0 Å². The van der Waals surface area contributed by atoms with Crippen LogP contribution in [-0.2, 0) is 0 Å². The second-order valence-electron chi connectivity index (χ2n) is 6.55. The lowest BCUT2D eigenvalue weighted by Crippen LogP contribution is -2.26. The summed E-state index contributed by atoms with van der Waals surface area (Å²) >= 11 is 6.29. The van der Waals surface area contributed by atoms with Gasteiger partial charge in [0, 0.05) is 5.56 Å². The number of amides is 1. The van der Waals surface area contributed by atoms with Gasteiger partial charge in [0.15, 0.2) is 11.5 Å². The molecule has 0 saturated heterocycles. The molecule has 1 atom stereocenters. The Kier molecular flexibility index (Phi) is 6.84. The van der Waals surface area contributed by atoms with Crippen molar-refractivity contribution in [3.63, 3.8) is 0 Å². The number of hydrogen-bond donors (Lipinski definition) is 2. The Morgan fingerprint density at radius 1 is 1.13 bits per heavy atom. The number of H-pyrrole nitrogens is 1. The Morgan fingerprint density at radius 3 is 2.53 bits per heavy atom. The van der Waals surface area contributed by atoms with E-state index >= 15 is 0 Å². The van der Waals surface area contributed by atoms with Gasteiger partial charge in [0.05, 0.1) is 49.3 Å². The molecule has 0 aliphatic rings. The molecule has 0 fully saturated rings. The fraction of sp³-hybridized carbons (Fsp3) is 0.273. The molecular weight excluding hydrogens is 406 g/mol. The van der Waals surface area contributed by atoms with Crippen molar-refractivity contribution in [1.29, 1.82) is 0 Å². The first-order valence-corrected chi connectivity index (χ1v) is 9.85. The maximum atomic E-state index is 12.9. The van der Waals surface area contributed by atoms with Crippen molar-refractivity contribution >= 4 is 17.5 Å². The second-order valence-corrected chi connectivity index (χ2v) is 6.95. The minimum absolute atomic E-state index is 0.258. The van der Waals surface area contributed by atoms with Crippen LogP contribution in [0, 0.1) is 0 Å². The third-order valence-corrected chi connectivity index (χ3v) is 4.95. The molecule has 8 heteroatoms. The first kappa shape index (κ1) is 21.5. The van der Waals surface area contributed by atoms with Crippen LogP contribution in [0.2, 0.25) is 5.02 Å². The quantitative estimate of drug-likeness (QED) is 0.545. The Balaban J connectivity index is 1.81. The molecule has 30 heavy (non-hydrogen) atoms. The van der Waals surface area contributed by atoms with E-state index in [1.807, 2.05) is 38.1 Å². The number of methoxy groups -OCH3 is 2. The van der Waals surface area contributed by atoms with Gasteiger partial charge in [0.25, 0.3) is 5.91 Å². The summed E-state index contributed by atoms with van der Waals surface area (Å²) in [6, 6.07) is 10.6. The molecule has 7 nitrogen and oxygen atoms in total. The highest BCUT2D eigenvalue weighted by Crippen LogP contribution is 2.32. The van der Waals surface area contributed by atoms with E-state index < -0.39 is 0 Å². The van der Waals surface area contributed by atoms with E-state index in [0.29, 0.717) is 40.1 Å². The van der Waals surface area contributed by atoms with E-state index in [-0.39, 0.29) is 11.9 Å². The Bertz CT molecular complexity index is 1030. The maximum Gasteiger partial charge on any atom is 0.255 e. The van der Waals surface area contributed by atoms with E-state index in [1.54, 1.807) is 26.4 Å². The lowest BCUT2D eigenvalue weighted by Gasteiger charge is -2.16. The lowest BCUT2D eigenvalue weighted by molar-refractivity contribution is 0.0940. The van der Waals surface area contributed by atoms with E-state index in [4.69, 9.17) is 25.8 Å². The van der Waals surface area contributed by atoms with Crippen LogP contribution in [-0.4, -0.2) is 36.9 Å². The molecule has 0 aliphatic heterocycles. The van der Waals surface area contributed by atoms with Crippen molar-refractivity contribution in [1.82, 2.24) is 15.5 Å². The standard InChI is InChI=1S/C22H24ClN3O4/c1-5-30-18-8-7-15(10-17(18)23)21-16(12-24-26-21)22(27)25-13(2)14-6-9-19(28-3)20(11-14)29-4/h6-13H,5H2,1-4H3,(H,24,26)(H,25,27). The number of rotatable bonds is 8. The van der Waals surface area contributed by atoms with Crippen molar-refractivity contribution in [2.24, 2.45) is 0 Å². The molecule has 3 rings (SSSR count). The number of carbonyl (C=O) groups excluding carboxylic acids is 1. The molecule has 158 valence electrons. The fourth-order valence-corrected chi connectivity index (χ4v) is 3.32. The molecule has 2 N–H and O–H groups in total. The van der Waals surface area contributed by atoms with E-state index in [2.05, 4.69) is 15.5 Å². The third kappa shape index (κ3) is 4.52. The van der Waals surface area contributed by atoms with Crippen molar-refractivity contribution in [3.05, 3.63) is 58.7 Å². The lowest BCUT2D eigenvalue weighted by atomic mass is 10.1. The highest BCUT2D eigenvalue weighted by molar-refractivity contribution is 6.32. The molecule has 3 aromatic rings. The largest absolute Gasteiger partial charge is 0.493 e. The minimum atomic E-state index is -0.260. The normalized spacial score (nSPS) is 11.6. The average molecular weight is 430 g/mol. The molecule has 1 amide bonds. The van der Waals surface area contributed by atoms with Gasteiger partial charge in [0.1, 0.15) is 5.75 Å². The van der Waals surface area contributed by atoms with Gasteiger partial charge in [-0.05, 0) is 49.7 Å². The van der Waals surface area contributed by atoms with Crippen LogP contribution in [0.5, 0.6) is 17.2 Å². The van der Waals surface area contributed by atoms with Gasteiger partial charge in [-0.15, -0.1) is 0 Å². The number of halogens is 1. The van der Waals surface area contributed by atoms with Gasteiger partial charge < -0.3 is 19.5 Å². The predicted molar refractivity (Wildman–Crippen MR) is 116 cm³/mol. The van der Waals surface area contributed by atoms with Crippen LogP contribution in [0.1, 0.15) is 35.8 Å². The van der Waals surface area contributed by atoms with Crippen LogP contribution < -0.4 is 19.5 Å². The summed E-state index contributed by atoms with van der Waals surface area (Å²) in [6.07, 6.45) is 1.50. The summed E-state index contributed by atoms with van der Waals surface area (Å²) in [5.41, 5.74) is 2.62. The predicted octanol–water partition coefficient (Wildman–Crippen LogP) is 4.64. The number of hydrogen-bond acceptors (Lipinski definition) is 5. The SMILES string of the molecule is CCOc1ccc(-c2[nH]ncc2C(=O)NC(C)c2ccc(OC)c(OC)c2)cc1Cl. The van der Waals surface area contributed by atoms with Crippen molar-refractivity contribution in [2.45, 2.75) is 19.9 Å². The summed E-state index contributed by atoms with van der Waals surface area (Å²) in [7, 11) is 3.15. The Morgan fingerprint density at radius 2 is 1.87 bits per heavy atom.